The van der Waals surface area contributed by atoms with E-state index in [1.807, 2.05) is 0 Å². The summed E-state index contributed by atoms with van der Waals surface area (Å²) in [4.78, 5) is 21.1. The molecule has 0 heterocycles. The maximum absolute atomic E-state index is 11.1. The fourth-order valence-corrected chi connectivity index (χ4v) is 1.56. The first-order chi connectivity index (χ1) is 8.20. The van der Waals surface area contributed by atoms with Crippen molar-refractivity contribution in [3.63, 3.8) is 0 Å². The number of nitrogens with zero attached hydrogens (tertiary/aromatic N) is 1. The molecular formula is C8H7ClN2O6S. The number of amides is 1. The number of para-hydroxylation sites is 1. The second kappa shape index (κ2) is 5.19. The van der Waals surface area contributed by atoms with Crippen LogP contribution in [0.1, 0.15) is 5.56 Å². The average molecular weight is 295 g/mol. The van der Waals surface area contributed by atoms with Crippen molar-refractivity contribution in [2.75, 3.05) is 0 Å². The van der Waals surface area contributed by atoms with E-state index >= 15 is 0 Å². The molecule has 0 radical (unpaired) electrons. The highest BCUT2D eigenvalue weighted by Gasteiger charge is 2.21. The molecule has 10 heteroatoms. The second-order valence-electron chi connectivity index (χ2n) is 3.11. The summed E-state index contributed by atoms with van der Waals surface area (Å²) in [5, 5.41) is 10.7. The van der Waals surface area contributed by atoms with Crippen LogP contribution in [0.2, 0.25) is 0 Å². The summed E-state index contributed by atoms with van der Waals surface area (Å²) in [6, 6.07) is 3.98. The highest BCUT2D eigenvalue weighted by atomic mass is 35.7. The predicted octanol–water partition coefficient (Wildman–Crippen LogP) is 1.48. The number of ether oxygens (including phenoxy) is 1. The third-order valence-corrected chi connectivity index (χ3v) is 2.43. The Balaban J connectivity index is 3.04. The smallest absolute Gasteiger partial charge is 0.402 e. The minimum Gasteiger partial charge on any atom is -0.402 e. The maximum Gasteiger partial charge on any atom is 0.427 e. The Hall–Kier alpha value is -1.87. The predicted molar refractivity (Wildman–Crippen MR) is 61.8 cm³/mol. The third kappa shape index (κ3) is 3.86. The lowest BCUT2D eigenvalue weighted by Crippen LogP contribution is -2.29. The molecule has 8 nitrogen and oxygen atoms in total. The minimum absolute atomic E-state index is 0.298. The lowest BCUT2D eigenvalue weighted by molar-refractivity contribution is -0.385. The Morgan fingerprint density at radius 2 is 2.11 bits per heavy atom. The summed E-state index contributed by atoms with van der Waals surface area (Å²) in [6.07, 6.45) is -1.43. The number of nitro groups is 1. The van der Waals surface area contributed by atoms with Crippen molar-refractivity contribution in [3.05, 3.63) is 33.9 Å². The first kappa shape index (κ1) is 14.2. The highest BCUT2D eigenvalue weighted by molar-refractivity contribution is 8.12. The Bertz CT molecular complexity index is 600. The zero-order valence-corrected chi connectivity index (χ0v) is 10.5. The molecule has 1 aromatic carbocycles. The van der Waals surface area contributed by atoms with E-state index < -0.39 is 25.9 Å². The first-order valence-electron chi connectivity index (χ1n) is 4.39. The molecule has 18 heavy (non-hydrogen) atoms. The van der Waals surface area contributed by atoms with E-state index in [0.29, 0.717) is 5.56 Å². The molecule has 0 aliphatic rings. The standard InChI is InChI=1S/C8H7ClN2O6S/c1-5-3-2-4-6(11(13)14)7(5)17-8(12)10-18(9,15)16/h2-4H,1H3,(H,10,12). The van der Waals surface area contributed by atoms with Crippen molar-refractivity contribution in [2.45, 2.75) is 6.92 Å². The molecule has 0 saturated carbocycles. The number of nitrogens with one attached hydrogen (secondary N) is 1. The van der Waals surface area contributed by atoms with Gasteiger partial charge in [-0.25, -0.2) is 9.52 Å². The fourth-order valence-electron chi connectivity index (χ4n) is 1.13. The zero-order chi connectivity index (χ0) is 13.9. The van der Waals surface area contributed by atoms with Crippen molar-refractivity contribution < 1.29 is 22.9 Å². The van der Waals surface area contributed by atoms with Gasteiger partial charge in [-0.1, -0.05) is 12.1 Å². The van der Waals surface area contributed by atoms with Crippen molar-refractivity contribution in [1.29, 1.82) is 0 Å². The Labute approximate surface area is 106 Å². The van der Waals surface area contributed by atoms with Crippen LogP contribution in [0.5, 0.6) is 5.75 Å². The van der Waals surface area contributed by atoms with Crippen LogP contribution in [-0.4, -0.2) is 19.4 Å². The molecule has 0 saturated heterocycles. The fraction of sp³-hybridized carbons (Fsp3) is 0.125. The number of aryl methyl sites for hydroxylation is 1. The van der Waals surface area contributed by atoms with Crippen molar-refractivity contribution in [1.82, 2.24) is 4.72 Å². The van der Waals surface area contributed by atoms with Gasteiger partial charge in [0.2, 0.25) is 5.75 Å². The van der Waals surface area contributed by atoms with Gasteiger partial charge in [-0.2, -0.15) is 8.42 Å². The van der Waals surface area contributed by atoms with Gasteiger partial charge in [0, 0.05) is 16.7 Å². The van der Waals surface area contributed by atoms with E-state index in [0.717, 1.165) is 6.07 Å². The number of carbonyl (C=O) groups excluding carboxylic acids is 1. The molecule has 1 rings (SSSR count). The highest BCUT2D eigenvalue weighted by Crippen LogP contribution is 2.30. The Morgan fingerprint density at radius 3 is 2.61 bits per heavy atom. The van der Waals surface area contributed by atoms with Gasteiger partial charge in [-0.05, 0) is 12.5 Å². The van der Waals surface area contributed by atoms with E-state index in [4.69, 9.17) is 10.7 Å². The van der Waals surface area contributed by atoms with Gasteiger partial charge >= 0.3 is 21.0 Å². The van der Waals surface area contributed by atoms with Gasteiger partial charge in [0.15, 0.2) is 0 Å². The lowest BCUT2D eigenvalue weighted by Gasteiger charge is -2.07. The summed E-state index contributed by atoms with van der Waals surface area (Å²) < 4.78 is 27.0. The van der Waals surface area contributed by atoms with E-state index in [-0.39, 0.29) is 5.75 Å². The molecule has 1 N–H and O–H groups in total. The number of benzene rings is 1. The zero-order valence-electron chi connectivity index (χ0n) is 8.91. The van der Waals surface area contributed by atoms with E-state index in [9.17, 15) is 23.3 Å². The van der Waals surface area contributed by atoms with Crippen LogP contribution in [0.15, 0.2) is 18.2 Å². The summed E-state index contributed by atoms with van der Waals surface area (Å²) in [7, 11) is 0.451. The molecule has 0 bridgehead atoms. The van der Waals surface area contributed by atoms with Crippen LogP contribution in [0.25, 0.3) is 0 Å². The van der Waals surface area contributed by atoms with Crippen LogP contribution < -0.4 is 9.46 Å². The van der Waals surface area contributed by atoms with Crippen LogP contribution in [0.3, 0.4) is 0 Å². The van der Waals surface area contributed by atoms with Crippen molar-refractivity contribution in [3.8, 4) is 5.75 Å². The first-order valence-corrected chi connectivity index (χ1v) is 6.70. The monoisotopic (exact) mass is 294 g/mol. The quantitative estimate of drug-likeness (QED) is 0.513. The number of hydrogen-bond acceptors (Lipinski definition) is 6. The SMILES string of the molecule is Cc1cccc([N+](=O)[O-])c1OC(=O)NS(=O)(=O)Cl. The molecule has 0 aliphatic carbocycles. The number of rotatable bonds is 3. The van der Waals surface area contributed by atoms with Gasteiger partial charge in [-0.3, -0.25) is 10.1 Å². The lowest BCUT2D eigenvalue weighted by atomic mass is 10.2. The van der Waals surface area contributed by atoms with E-state index in [1.165, 1.54) is 23.8 Å². The average Bonchev–Trinajstić information content (AvgIpc) is 2.17. The molecule has 0 atom stereocenters. The van der Waals surface area contributed by atoms with Crippen LogP contribution in [0, 0.1) is 17.0 Å². The molecular weight excluding hydrogens is 288 g/mol. The minimum atomic E-state index is -4.31. The molecule has 98 valence electrons. The van der Waals surface area contributed by atoms with Crippen molar-refractivity contribution in [2.24, 2.45) is 0 Å². The van der Waals surface area contributed by atoms with Crippen LogP contribution >= 0.6 is 10.7 Å². The molecule has 1 aromatic rings. The van der Waals surface area contributed by atoms with Crippen LogP contribution in [0.4, 0.5) is 10.5 Å². The number of hydrogen-bond donors (Lipinski definition) is 1. The topological polar surface area (TPSA) is 116 Å². The summed E-state index contributed by atoms with van der Waals surface area (Å²) in [5.41, 5.74) is -0.163. The third-order valence-electron chi connectivity index (χ3n) is 1.79. The van der Waals surface area contributed by atoms with E-state index in [1.54, 1.807) is 0 Å². The number of nitro benzene ring substituents is 1. The maximum atomic E-state index is 11.1. The molecule has 0 aliphatic heterocycles. The summed E-state index contributed by atoms with van der Waals surface area (Å²) in [6.45, 7) is 1.46. The summed E-state index contributed by atoms with van der Waals surface area (Å²) >= 11 is 0. The largest absolute Gasteiger partial charge is 0.427 e. The Morgan fingerprint density at radius 1 is 1.50 bits per heavy atom. The van der Waals surface area contributed by atoms with Gasteiger partial charge in [0.25, 0.3) is 0 Å². The molecule has 0 spiro atoms. The Kier molecular flexibility index (Phi) is 4.09. The van der Waals surface area contributed by atoms with Gasteiger partial charge in [0.05, 0.1) is 4.92 Å². The van der Waals surface area contributed by atoms with E-state index in [2.05, 4.69) is 4.74 Å². The molecule has 0 fully saturated rings. The van der Waals surface area contributed by atoms with Gasteiger partial charge < -0.3 is 4.74 Å². The molecule has 0 unspecified atom stereocenters. The van der Waals surface area contributed by atoms with Gasteiger partial charge in [-0.15, -0.1) is 0 Å². The van der Waals surface area contributed by atoms with Crippen LogP contribution in [-0.2, 0) is 9.24 Å². The molecule has 0 aromatic heterocycles. The number of halogens is 1. The van der Waals surface area contributed by atoms with Gasteiger partial charge in [0.1, 0.15) is 0 Å². The summed E-state index contributed by atoms with van der Waals surface area (Å²) in [5.74, 6) is -0.347. The normalized spacial score (nSPS) is 10.8. The second-order valence-corrected chi connectivity index (χ2v) is 5.41. The number of carbonyl (C=O) groups is 1. The van der Waals surface area contributed by atoms with Crippen molar-refractivity contribution >= 4 is 31.7 Å². The molecule has 1 amide bonds.